The van der Waals surface area contributed by atoms with E-state index in [1.54, 1.807) is 0 Å². The van der Waals surface area contributed by atoms with Crippen LogP contribution in [0.2, 0.25) is 0 Å². The van der Waals surface area contributed by atoms with Gasteiger partial charge in [0.05, 0.1) is 14.7 Å². The highest BCUT2D eigenvalue weighted by molar-refractivity contribution is 14.1. The van der Waals surface area contributed by atoms with Crippen molar-refractivity contribution in [2.75, 3.05) is 24.5 Å². The topological polar surface area (TPSA) is 45.2 Å². The van der Waals surface area contributed by atoms with Gasteiger partial charge in [-0.3, -0.25) is 9.78 Å². The Hall–Kier alpha value is -0.850. The smallest absolute Gasteiger partial charge is 0.226 e. The van der Waals surface area contributed by atoms with Crippen LogP contribution in [0.3, 0.4) is 0 Å². The fraction of sp³-hybridized carbons (Fsp3) is 0.571. The average molecular weight is 371 g/mol. The summed E-state index contributed by atoms with van der Waals surface area (Å²) in [5, 5.41) is 2.99. The lowest BCUT2D eigenvalue weighted by Crippen LogP contribution is -2.44. The summed E-state index contributed by atoms with van der Waals surface area (Å²) in [7, 11) is 0. The zero-order valence-corrected chi connectivity index (χ0v) is 13.2. The van der Waals surface area contributed by atoms with Crippen LogP contribution in [-0.2, 0) is 4.79 Å². The number of amides is 1. The number of anilines is 1. The zero-order chi connectivity index (χ0) is 13.5. The first-order valence-corrected chi connectivity index (χ1v) is 7.84. The van der Waals surface area contributed by atoms with Crippen LogP contribution in [0.1, 0.15) is 24.8 Å². The van der Waals surface area contributed by atoms with Crippen LogP contribution in [0.5, 0.6) is 0 Å². The third-order valence-corrected chi connectivity index (χ3v) is 5.25. The Morgan fingerprint density at radius 2 is 2.05 bits per heavy atom. The van der Waals surface area contributed by atoms with Crippen LogP contribution in [-0.4, -0.2) is 30.5 Å². The molecule has 4 nitrogen and oxygen atoms in total. The Morgan fingerprint density at radius 3 is 2.63 bits per heavy atom. The summed E-state index contributed by atoms with van der Waals surface area (Å²) in [6.45, 7) is 4.89. The molecule has 1 spiro atoms. The first kappa shape index (κ1) is 13.1. The molecule has 1 aromatic heterocycles. The standard InChI is InChI=1S/C14H18IN3O/c1-10-8-16-9-11(15)12(10)18-6-3-14(4-7-18)2-5-17-13(14)19/h8-9H,2-7H2,1H3,(H,17,19). The number of aryl methyl sites for hydroxylation is 1. The molecule has 2 saturated heterocycles. The highest BCUT2D eigenvalue weighted by Crippen LogP contribution is 2.40. The van der Waals surface area contributed by atoms with Gasteiger partial charge < -0.3 is 10.2 Å². The number of nitrogens with zero attached hydrogens (tertiary/aromatic N) is 2. The van der Waals surface area contributed by atoms with Gasteiger partial charge >= 0.3 is 0 Å². The molecule has 3 rings (SSSR count). The molecule has 19 heavy (non-hydrogen) atoms. The molecule has 1 N–H and O–H groups in total. The molecular formula is C14H18IN3O. The first-order chi connectivity index (χ1) is 9.12. The first-order valence-electron chi connectivity index (χ1n) is 6.76. The molecule has 0 bridgehead atoms. The van der Waals surface area contributed by atoms with E-state index in [1.165, 1.54) is 14.8 Å². The number of hydrogen-bond donors (Lipinski definition) is 1. The SMILES string of the molecule is Cc1cncc(I)c1N1CCC2(CCNC2=O)CC1. The number of nitrogens with one attached hydrogen (secondary N) is 1. The van der Waals surface area contributed by atoms with Crippen LogP contribution < -0.4 is 10.2 Å². The minimum atomic E-state index is -0.0805. The zero-order valence-electron chi connectivity index (χ0n) is 11.1. The van der Waals surface area contributed by atoms with E-state index in [4.69, 9.17) is 0 Å². The number of piperidine rings is 1. The highest BCUT2D eigenvalue weighted by Gasteiger charge is 2.44. The number of halogens is 1. The van der Waals surface area contributed by atoms with Gasteiger partial charge in [0.2, 0.25) is 5.91 Å². The lowest BCUT2D eigenvalue weighted by Gasteiger charge is -2.39. The Labute approximate surface area is 127 Å². The third kappa shape index (κ3) is 2.22. The van der Waals surface area contributed by atoms with Crippen LogP contribution in [0.4, 0.5) is 5.69 Å². The largest absolute Gasteiger partial charge is 0.370 e. The molecule has 1 amide bonds. The molecule has 2 aliphatic rings. The molecule has 0 unspecified atom stereocenters. The van der Waals surface area contributed by atoms with Gasteiger partial charge in [0.25, 0.3) is 0 Å². The van der Waals surface area contributed by atoms with Crippen molar-refractivity contribution in [3.8, 4) is 0 Å². The maximum atomic E-state index is 12.0. The predicted molar refractivity (Wildman–Crippen MR) is 83.2 cm³/mol. The lowest BCUT2D eigenvalue weighted by molar-refractivity contribution is -0.128. The Balaban J connectivity index is 1.79. The Bertz CT molecular complexity index is 489. The maximum Gasteiger partial charge on any atom is 0.226 e. The van der Waals surface area contributed by atoms with Crippen molar-refractivity contribution in [3.63, 3.8) is 0 Å². The molecule has 0 atom stereocenters. The van der Waals surface area contributed by atoms with E-state index in [9.17, 15) is 4.79 Å². The number of aromatic nitrogens is 1. The quantitative estimate of drug-likeness (QED) is 0.770. The van der Waals surface area contributed by atoms with E-state index in [-0.39, 0.29) is 11.3 Å². The van der Waals surface area contributed by atoms with Crippen molar-refractivity contribution in [2.45, 2.75) is 26.2 Å². The van der Waals surface area contributed by atoms with Crippen LogP contribution in [0.25, 0.3) is 0 Å². The normalized spacial score (nSPS) is 21.8. The summed E-state index contributed by atoms with van der Waals surface area (Å²) in [4.78, 5) is 18.6. The van der Waals surface area contributed by atoms with Gasteiger partial charge in [-0.25, -0.2) is 0 Å². The van der Waals surface area contributed by atoms with Gasteiger partial charge in [-0.05, 0) is 54.3 Å². The van der Waals surface area contributed by atoms with E-state index in [1.807, 2.05) is 12.4 Å². The monoisotopic (exact) mass is 371 g/mol. The molecule has 102 valence electrons. The van der Waals surface area contributed by atoms with Crippen molar-refractivity contribution in [3.05, 3.63) is 21.5 Å². The number of carbonyl (C=O) groups excluding carboxylic acids is 1. The molecule has 0 aliphatic carbocycles. The number of rotatable bonds is 1. The van der Waals surface area contributed by atoms with Crippen LogP contribution >= 0.6 is 22.6 Å². The molecule has 2 aliphatic heterocycles. The number of hydrogen-bond acceptors (Lipinski definition) is 3. The second kappa shape index (κ2) is 4.92. The van der Waals surface area contributed by atoms with Gasteiger partial charge in [0, 0.05) is 32.0 Å². The second-order valence-electron chi connectivity index (χ2n) is 5.56. The van der Waals surface area contributed by atoms with Gasteiger partial charge in [-0.15, -0.1) is 0 Å². The molecular weight excluding hydrogens is 353 g/mol. The predicted octanol–water partition coefficient (Wildman–Crippen LogP) is 2.10. The fourth-order valence-corrected chi connectivity index (χ4v) is 4.20. The summed E-state index contributed by atoms with van der Waals surface area (Å²) in [5.74, 6) is 0.272. The lowest BCUT2D eigenvalue weighted by atomic mass is 9.77. The second-order valence-corrected chi connectivity index (χ2v) is 6.72. The Morgan fingerprint density at radius 1 is 1.32 bits per heavy atom. The average Bonchev–Trinajstić information content (AvgIpc) is 2.73. The van der Waals surface area contributed by atoms with Gasteiger partial charge in [0.1, 0.15) is 0 Å². The van der Waals surface area contributed by atoms with Crippen LogP contribution in [0, 0.1) is 15.9 Å². The van der Waals surface area contributed by atoms with Crippen molar-refractivity contribution >= 4 is 34.2 Å². The molecule has 0 saturated carbocycles. The summed E-state index contributed by atoms with van der Waals surface area (Å²) in [5.41, 5.74) is 2.44. The van der Waals surface area contributed by atoms with E-state index in [0.29, 0.717) is 0 Å². The van der Waals surface area contributed by atoms with Crippen molar-refractivity contribution in [1.29, 1.82) is 0 Å². The maximum absolute atomic E-state index is 12.0. The molecule has 0 radical (unpaired) electrons. The molecule has 5 heteroatoms. The van der Waals surface area contributed by atoms with Gasteiger partial charge in [-0.1, -0.05) is 0 Å². The summed E-state index contributed by atoms with van der Waals surface area (Å²) >= 11 is 2.35. The van der Waals surface area contributed by atoms with E-state index in [2.05, 4.69) is 44.7 Å². The minimum absolute atomic E-state index is 0.0805. The highest BCUT2D eigenvalue weighted by atomic mass is 127. The van der Waals surface area contributed by atoms with Crippen LogP contribution in [0.15, 0.2) is 12.4 Å². The van der Waals surface area contributed by atoms with Gasteiger partial charge in [-0.2, -0.15) is 0 Å². The van der Waals surface area contributed by atoms with E-state index < -0.39 is 0 Å². The van der Waals surface area contributed by atoms with Crippen molar-refractivity contribution in [1.82, 2.24) is 10.3 Å². The molecule has 2 fully saturated rings. The molecule has 3 heterocycles. The number of carbonyl (C=O) groups is 1. The van der Waals surface area contributed by atoms with E-state index >= 15 is 0 Å². The summed E-state index contributed by atoms with van der Waals surface area (Å²) < 4.78 is 1.20. The minimum Gasteiger partial charge on any atom is -0.370 e. The number of pyridine rings is 1. The molecule has 0 aromatic carbocycles. The molecule has 1 aromatic rings. The fourth-order valence-electron chi connectivity index (χ4n) is 3.28. The van der Waals surface area contributed by atoms with Crippen molar-refractivity contribution < 1.29 is 4.79 Å². The van der Waals surface area contributed by atoms with Crippen molar-refractivity contribution in [2.24, 2.45) is 5.41 Å². The van der Waals surface area contributed by atoms with E-state index in [0.717, 1.165) is 38.9 Å². The third-order valence-electron chi connectivity index (χ3n) is 4.46. The van der Waals surface area contributed by atoms with Gasteiger partial charge in [0.15, 0.2) is 0 Å². The Kier molecular flexibility index (Phi) is 3.41. The summed E-state index contributed by atoms with van der Waals surface area (Å²) in [6, 6.07) is 0. The summed E-state index contributed by atoms with van der Waals surface area (Å²) in [6.07, 6.45) is 6.78.